The van der Waals surface area contributed by atoms with Crippen molar-refractivity contribution in [3.63, 3.8) is 0 Å². The van der Waals surface area contributed by atoms with Gasteiger partial charge in [-0.3, -0.25) is 0 Å². The molecule has 0 aromatic heterocycles. The fourth-order valence-corrected chi connectivity index (χ4v) is 1.02. The van der Waals surface area contributed by atoms with Gasteiger partial charge in [-0.15, -0.1) is 11.6 Å². The Balaban J connectivity index is 0. The molecule has 3 nitrogen and oxygen atoms in total. The summed E-state index contributed by atoms with van der Waals surface area (Å²) in [4.78, 5) is 0. The molecule has 0 saturated heterocycles. The van der Waals surface area contributed by atoms with Gasteiger partial charge in [0.15, 0.2) is 0 Å². The fourth-order valence-electron chi connectivity index (χ4n) is 0.231. The van der Waals surface area contributed by atoms with Gasteiger partial charge in [0.25, 0.3) is 0 Å². The number of hydrogen-bond donors (Lipinski definition) is 0. The van der Waals surface area contributed by atoms with Crippen molar-refractivity contribution in [2.45, 2.75) is 6.42 Å². The van der Waals surface area contributed by atoms with Crippen molar-refractivity contribution in [1.82, 2.24) is 0 Å². The topological polar surface area (TPSA) is 57.2 Å². The maximum atomic E-state index is 9.78. The second-order valence-electron chi connectivity index (χ2n) is 1.30. The maximum absolute atomic E-state index is 9.78. The van der Waals surface area contributed by atoms with Crippen LogP contribution >= 0.6 is 11.6 Å². The fraction of sp³-hybridized carbons (Fsp3) is 1.00. The first-order valence-electron chi connectivity index (χ1n) is 2.06. The van der Waals surface area contributed by atoms with Gasteiger partial charge >= 0.3 is 29.6 Å². The predicted octanol–water partition coefficient (Wildman–Crippen LogP) is -2.84. The van der Waals surface area contributed by atoms with Crippen LogP contribution in [0.4, 0.5) is 0 Å². The second-order valence-corrected chi connectivity index (χ2v) is 3.21. The Hall–Kier alpha value is 1.20. The molecule has 0 aliphatic heterocycles. The largest absolute Gasteiger partial charge is 1.00 e. The summed E-state index contributed by atoms with van der Waals surface area (Å²) in [7, 11) is -4.02. The summed E-state index contributed by atoms with van der Waals surface area (Å²) in [6.45, 7) is 0. The molecule has 0 unspecified atom stereocenters. The van der Waals surface area contributed by atoms with Crippen molar-refractivity contribution in [2.75, 3.05) is 11.6 Å². The van der Waals surface area contributed by atoms with Crippen molar-refractivity contribution in [3.05, 3.63) is 0 Å². The zero-order valence-electron chi connectivity index (χ0n) is 5.13. The van der Waals surface area contributed by atoms with Gasteiger partial charge in [-0.1, -0.05) is 0 Å². The van der Waals surface area contributed by atoms with E-state index in [1.807, 2.05) is 0 Å². The Bertz CT molecular complexity index is 143. The molecular formula is C3H6ClNaO3S. The molecule has 0 radical (unpaired) electrons. The normalized spacial score (nSPS) is 10.4. The van der Waals surface area contributed by atoms with E-state index in [-0.39, 0.29) is 47.6 Å². The minimum absolute atomic E-state index is 0. The molecule has 0 aromatic rings. The number of rotatable bonds is 3. The summed E-state index contributed by atoms with van der Waals surface area (Å²) in [5.41, 5.74) is 0. The molecule has 0 atom stereocenters. The van der Waals surface area contributed by atoms with Crippen molar-refractivity contribution >= 4 is 21.7 Å². The van der Waals surface area contributed by atoms with E-state index in [0.717, 1.165) is 0 Å². The van der Waals surface area contributed by atoms with Crippen LogP contribution in [0.15, 0.2) is 0 Å². The molecular weight excluding hydrogens is 175 g/mol. The third kappa shape index (κ3) is 12.4. The van der Waals surface area contributed by atoms with E-state index in [0.29, 0.717) is 0 Å². The number of halogens is 1. The van der Waals surface area contributed by atoms with E-state index < -0.39 is 10.1 Å². The minimum Gasteiger partial charge on any atom is -0.748 e. The van der Waals surface area contributed by atoms with Gasteiger partial charge in [-0.05, 0) is 6.42 Å². The average Bonchev–Trinajstić information content (AvgIpc) is 1.59. The minimum atomic E-state index is -4.02. The van der Waals surface area contributed by atoms with E-state index >= 15 is 0 Å². The van der Waals surface area contributed by atoms with E-state index in [1.54, 1.807) is 0 Å². The Morgan fingerprint density at radius 1 is 1.44 bits per heavy atom. The van der Waals surface area contributed by atoms with Gasteiger partial charge in [0.1, 0.15) is 0 Å². The Kier molecular flexibility index (Phi) is 8.48. The first kappa shape index (κ1) is 12.8. The molecule has 0 fully saturated rings. The molecule has 9 heavy (non-hydrogen) atoms. The summed E-state index contributed by atoms with van der Waals surface area (Å²) < 4.78 is 29.3. The van der Waals surface area contributed by atoms with E-state index in [9.17, 15) is 13.0 Å². The van der Waals surface area contributed by atoms with Crippen LogP contribution in [0.5, 0.6) is 0 Å². The summed E-state index contributed by atoms with van der Waals surface area (Å²) in [6, 6.07) is 0. The molecule has 0 aliphatic carbocycles. The molecule has 0 N–H and O–H groups in total. The van der Waals surface area contributed by atoms with E-state index in [1.165, 1.54) is 0 Å². The quantitative estimate of drug-likeness (QED) is 0.267. The first-order valence-corrected chi connectivity index (χ1v) is 4.17. The Morgan fingerprint density at radius 3 is 2.00 bits per heavy atom. The molecule has 0 aromatic carbocycles. The summed E-state index contributed by atoms with van der Waals surface area (Å²) in [5, 5.41) is 0. The van der Waals surface area contributed by atoms with Gasteiger partial charge in [0.2, 0.25) is 0 Å². The summed E-state index contributed by atoms with van der Waals surface area (Å²) >= 11 is 5.10. The molecule has 0 aliphatic rings. The van der Waals surface area contributed by atoms with Gasteiger partial charge in [0.05, 0.1) is 10.1 Å². The van der Waals surface area contributed by atoms with E-state index in [2.05, 4.69) is 0 Å². The van der Waals surface area contributed by atoms with Crippen molar-refractivity contribution in [3.8, 4) is 0 Å². The van der Waals surface area contributed by atoms with Gasteiger partial charge in [-0.25, -0.2) is 8.42 Å². The Labute approximate surface area is 81.8 Å². The van der Waals surface area contributed by atoms with Crippen LogP contribution in [0.25, 0.3) is 0 Å². The van der Waals surface area contributed by atoms with Crippen LogP contribution in [0, 0.1) is 0 Å². The van der Waals surface area contributed by atoms with Crippen LogP contribution in [0.2, 0.25) is 0 Å². The third-order valence-electron chi connectivity index (χ3n) is 0.528. The summed E-state index contributed by atoms with van der Waals surface area (Å²) in [6.07, 6.45) is 0.243. The van der Waals surface area contributed by atoms with Crippen LogP contribution in [0.1, 0.15) is 6.42 Å². The zero-order chi connectivity index (χ0) is 6.62. The molecule has 0 spiro atoms. The first-order chi connectivity index (χ1) is 3.56. The third-order valence-corrected chi connectivity index (χ3v) is 1.58. The molecule has 0 heterocycles. The molecule has 6 heteroatoms. The standard InChI is InChI=1S/C3H7ClO3S.Na/c4-2-1-3-8(5,6)7;/h1-3H2,(H,5,6,7);/q;+1/p-1. The smallest absolute Gasteiger partial charge is 0.748 e. The van der Waals surface area contributed by atoms with Crippen LogP contribution in [0.3, 0.4) is 0 Å². The van der Waals surface area contributed by atoms with Crippen molar-refractivity contribution in [1.29, 1.82) is 0 Å². The number of hydrogen-bond acceptors (Lipinski definition) is 3. The second kappa shape index (κ2) is 5.95. The maximum Gasteiger partial charge on any atom is 1.00 e. The molecule has 0 bridgehead atoms. The van der Waals surface area contributed by atoms with Gasteiger partial charge < -0.3 is 4.55 Å². The molecule has 0 rings (SSSR count). The van der Waals surface area contributed by atoms with Crippen LogP contribution in [-0.2, 0) is 10.1 Å². The molecule has 50 valence electrons. The van der Waals surface area contributed by atoms with E-state index in [4.69, 9.17) is 11.6 Å². The Morgan fingerprint density at radius 2 is 1.89 bits per heavy atom. The zero-order valence-corrected chi connectivity index (χ0v) is 8.70. The van der Waals surface area contributed by atoms with Gasteiger partial charge in [0, 0.05) is 11.6 Å². The predicted molar refractivity (Wildman–Crippen MR) is 29.9 cm³/mol. The van der Waals surface area contributed by atoms with Crippen LogP contribution < -0.4 is 29.6 Å². The van der Waals surface area contributed by atoms with Gasteiger partial charge in [-0.2, -0.15) is 0 Å². The van der Waals surface area contributed by atoms with Crippen molar-refractivity contribution < 1.29 is 42.5 Å². The van der Waals surface area contributed by atoms with Crippen LogP contribution in [-0.4, -0.2) is 24.6 Å². The number of alkyl halides is 1. The molecule has 0 saturated carbocycles. The summed E-state index contributed by atoms with van der Waals surface area (Å²) in [5.74, 6) is -0.127. The SMILES string of the molecule is O=S(=O)([O-])CCCCl.[Na+]. The average molecular weight is 181 g/mol. The van der Waals surface area contributed by atoms with Crippen molar-refractivity contribution in [2.24, 2.45) is 0 Å². The molecule has 0 amide bonds. The monoisotopic (exact) mass is 180 g/mol.